The quantitative estimate of drug-likeness (QED) is 0.645. The SMILES string of the molecule is Cc1ccc(-c2csc(NC(=O)C3CCN(S(=O)(=O)c4ccccc4)CC3)n2)cc1. The number of rotatable bonds is 5. The molecule has 1 fully saturated rings. The number of benzene rings is 2. The molecule has 1 N–H and O–H groups in total. The predicted octanol–water partition coefficient (Wildman–Crippen LogP) is 4.16. The molecule has 3 aromatic rings. The normalized spacial score (nSPS) is 15.8. The number of piperidine rings is 1. The summed E-state index contributed by atoms with van der Waals surface area (Å²) in [7, 11) is -3.51. The third-order valence-corrected chi connectivity index (χ3v) is 7.96. The summed E-state index contributed by atoms with van der Waals surface area (Å²) in [6, 6.07) is 16.5. The first-order chi connectivity index (χ1) is 14.4. The van der Waals surface area contributed by atoms with Crippen LogP contribution in [0, 0.1) is 12.8 Å². The van der Waals surface area contributed by atoms with Crippen LogP contribution in [0.3, 0.4) is 0 Å². The number of aryl methyl sites for hydroxylation is 1. The molecular weight excluding hydrogens is 418 g/mol. The van der Waals surface area contributed by atoms with E-state index in [2.05, 4.69) is 10.3 Å². The summed E-state index contributed by atoms with van der Waals surface area (Å²) >= 11 is 1.39. The van der Waals surface area contributed by atoms with Gasteiger partial charge < -0.3 is 5.32 Å². The van der Waals surface area contributed by atoms with Crippen molar-refractivity contribution in [2.45, 2.75) is 24.7 Å². The first kappa shape index (κ1) is 20.7. The summed E-state index contributed by atoms with van der Waals surface area (Å²) in [6.07, 6.45) is 0.988. The van der Waals surface area contributed by atoms with E-state index in [4.69, 9.17) is 0 Å². The molecule has 0 unspecified atom stereocenters. The average Bonchev–Trinajstić information content (AvgIpc) is 3.23. The lowest BCUT2D eigenvalue weighted by Gasteiger charge is -2.30. The lowest BCUT2D eigenvalue weighted by Crippen LogP contribution is -2.41. The molecule has 1 aliphatic rings. The fourth-order valence-electron chi connectivity index (χ4n) is 3.50. The van der Waals surface area contributed by atoms with Gasteiger partial charge in [0.15, 0.2) is 5.13 Å². The summed E-state index contributed by atoms with van der Waals surface area (Å²) in [5, 5.41) is 5.39. The highest BCUT2D eigenvalue weighted by atomic mass is 32.2. The number of amides is 1. The Labute approximate surface area is 180 Å². The van der Waals surface area contributed by atoms with E-state index in [0.29, 0.717) is 36.0 Å². The largest absolute Gasteiger partial charge is 0.302 e. The van der Waals surface area contributed by atoms with Crippen molar-refractivity contribution in [3.05, 3.63) is 65.5 Å². The minimum atomic E-state index is -3.51. The van der Waals surface area contributed by atoms with E-state index in [9.17, 15) is 13.2 Å². The molecule has 2 aromatic carbocycles. The number of carbonyl (C=O) groups is 1. The molecule has 1 aromatic heterocycles. The number of hydrogen-bond donors (Lipinski definition) is 1. The van der Waals surface area contributed by atoms with Crippen LogP contribution >= 0.6 is 11.3 Å². The van der Waals surface area contributed by atoms with Gasteiger partial charge in [-0.15, -0.1) is 11.3 Å². The van der Waals surface area contributed by atoms with Crippen LogP contribution in [0.2, 0.25) is 0 Å². The molecule has 0 radical (unpaired) electrons. The van der Waals surface area contributed by atoms with Gasteiger partial charge in [0.05, 0.1) is 10.6 Å². The Bertz CT molecular complexity index is 1120. The smallest absolute Gasteiger partial charge is 0.243 e. The highest BCUT2D eigenvalue weighted by molar-refractivity contribution is 7.89. The van der Waals surface area contributed by atoms with Crippen molar-refractivity contribution in [1.82, 2.24) is 9.29 Å². The molecule has 1 aliphatic heterocycles. The Morgan fingerprint density at radius 1 is 1.07 bits per heavy atom. The molecule has 1 saturated heterocycles. The van der Waals surface area contributed by atoms with Gasteiger partial charge in [0, 0.05) is 30.0 Å². The van der Waals surface area contributed by atoms with Crippen LogP contribution in [0.4, 0.5) is 5.13 Å². The van der Waals surface area contributed by atoms with E-state index in [1.165, 1.54) is 21.2 Å². The monoisotopic (exact) mass is 441 g/mol. The maximum absolute atomic E-state index is 12.7. The maximum atomic E-state index is 12.7. The Balaban J connectivity index is 1.35. The van der Waals surface area contributed by atoms with Gasteiger partial charge in [0.25, 0.3) is 0 Å². The van der Waals surface area contributed by atoms with Gasteiger partial charge in [0.1, 0.15) is 0 Å². The highest BCUT2D eigenvalue weighted by Gasteiger charge is 2.32. The summed E-state index contributed by atoms with van der Waals surface area (Å²) in [5.74, 6) is -0.324. The van der Waals surface area contributed by atoms with Crippen molar-refractivity contribution in [2.24, 2.45) is 5.92 Å². The number of aromatic nitrogens is 1. The molecule has 156 valence electrons. The summed E-state index contributed by atoms with van der Waals surface area (Å²) in [5.41, 5.74) is 3.03. The van der Waals surface area contributed by atoms with Crippen molar-refractivity contribution >= 4 is 32.4 Å². The van der Waals surface area contributed by atoms with E-state index < -0.39 is 10.0 Å². The topological polar surface area (TPSA) is 79.4 Å². The first-order valence-corrected chi connectivity index (χ1v) is 12.1. The predicted molar refractivity (Wildman–Crippen MR) is 119 cm³/mol. The van der Waals surface area contributed by atoms with E-state index in [1.54, 1.807) is 30.3 Å². The second kappa shape index (κ2) is 8.67. The molecule has 0 atom stereocenters. The van der Waals surface area contributed by atoms with Crippen molar-refractivity contribution in [1.29, 1.82) is 0 Å². The zero-order valence-corrected chi connectivity index (χ0v) is 18.2. The van der Waals surface area contributed by atoms with E-state index in [0.717, 1.165) is 11.3 Å². The second-order valence-corrected chi connectivity index (χ2v) is 10.2. The van der Waals surface area contributed by atoms with Crippen molar-refractivity contribution < 1.29 is 13.2 Å². The van der Waals surface area contributed by atoms with Crippen LogP contribution in [0.5, 0.6) is 0 Å². The van der Waals surface area contributed by atoms with Crippen molar-refractivity contribution in [3.8, 4) is 11.3 Å². The fraction of sp³-hybridized carbons (Fsp3) is 0.273. The van der Waals surface area contributed by atoms with E-state index >= 15 is 0 Å². The Morgan fingerprint density at radius 2 is 1.73 bits per heavy atom. The van der Waals surface area contributed by atoms with Crippen LogP contribution in [0.1, 0.15) is 18.4 Å². The molecule has 4 rings (SSSR count). The van der Waals surface area contributed by atoms with Crippen LogP contribution in [-0.4, -0.2) is 36.7 Å². The van der Waals surface area contributed by atoms with E-state index in [1.807, 2.05) is 36.6 Å². The second-order valence-electron chi connectivity index (χ2n) is 7.38. The van der Waals surface area contributed by atoms with E-state index in [-0.39, 0.29) is 11.8 Å². The summed E-state index contributed by atoms with van der Waals surface area (Å²) in [6.45, 7) is 2.70. The third-order valence-electron chi connectivity index (χ3n) is 5.29. The molecule has 0 aliphatic carbocycles. The van der Waals surface area contributed by atoms with Gasteiger partial charge in [-0.25, -0.2) is 13.4 Å². The lowest BCUT2D eigenvalue weighted by molar-refractivity contribution is -0.120. The van der Waals surface area contributed by atoms with Gasteiger partial charge in [-0.05, 0) is 31.9 Å². The number of anilines is 1. The molecule has 0 spiro atoms. The Morgan fingerprint density at radius 3 is 2.40 bits per heavy atom. The number of thiazole rings is 1. The van der Waals surface area contributed by atoms with Crippen molar-refractivity contribution in [2.75, 3.05) is 18.4 Å². The van der Waals surface area contributed by atoms with Crippen LogP contribution in [0.15, 0.2) is 64.9 Å². The van der Waals surface area contributed by atoms with Gasteiger partial charge >= 0.3 is 0 Å². The number of sulfonamides is 1. The minimum Gasteiger partial charge on any atom is -0.302 e. The van der Waals surface area contributed by atoms with Crippen LogP contribution in [0.25, 0.3) is 11.3 Å². The Hall–Kier alpha value is -2.55. The zero-order valence-electron chi connectivity index (χ0n) is 16.6. The van der Waals surface area contributed by atoms with Crippen LogP contribution in [-0.2, 0) is 14.8 Å². The van der Waals surface area contributed by atoms with Gasteiger partial charge in [-0.1, -0.05) is 48.0 Å². The molecular formula is C22H23N3O3S2. The van der Waals surface area contributed by atoms with Gasteiger partial charge in [-0.2, -0.15) is 4.31 Å². The average molecular weight is 442 g/mol. The number of nitrogens with zero attached hydrogens (tertiary/aromatic N) is 2. The lowest BCUT2D eigenvalue weighted by atomic mass is 9.97. The molecule has 8 heteroatoms. The standard InChI is InChI=1S/C22H23N3O3S2/c1-16-7-9-17(10-8-16)20-15-29-22(23-20)24-21(26)18-11-13-25(14-12-18)30(27,28)19-5-3-2-4-6-19/h2-10,15,18H,11-14H2,1H3,(H,23,24,26). The molecule has 6 nitrogen and oxygen atoms in total. The Kier molecular flexibility index (Phi) is 5.99. The molecule has 30 heavy (non-hydrogen) atoms. The summed E-state index contributed by atoms with van der Waals surface area (Å²) < 4.78 is 26.9. The van der Waals surface area contributed by atoms with Gasteiger partial charge in [-0.3, -0.25) is 4.79 Å². The number of carbonyl (C=O) groups excluding carboxylic acids is 1. The van der Waals surface area contributed by atoms with Crippen molar-refractivity contribution in [3.63, 3.8) is 0 Å². The zero-order chi connectivity index (χ0) is 21.1. The number of hydrogen-bond acceptors (Lipinski definition) is 5. The molecule has 0 saturated carbocycles. The molecule has 0 bridgehead atoms. The fourth-order valence-corrected chi connectivity index (χ4v) is 5.71. The van der Waals surface area contributed by atoms with Gasteiger partial charge in [0.2, 0.25) is 15.9 Å². The molecule has 2 heterocycles. The minimum absolute atomic E-state index is 0.100. The number of nitrogens with one attached hydrogen (secondary N) is 1. The highest BCUT2D eigenvalue weighted by Crippen LogP contribution is 2.28. The first-order valence-electron chi connectivity index (χ1n) is 9.82. The third kappa shape index (κ3) is 4.45. The maximum Gasteiger partial charge on any atom is 0.243 e. The molecule has 1 amide bonds. The summed E-state index contributed by atoms with van der Waals surface area (Å²) in [4.78, 5) is 17.5. The van der Waals surface area contributed by atoms with Crippen LogP contribution < -0.4 is 5.32 Å².